The molecule has 3 N–H and O–H groups in total. The number of urea groups is 1. The van der Waals surface area contributed by atoms with Gasteiger partial charge < -0.3 is 15.7 Å². The Bertz CT molecular complexity index is 536. The van der Waals surface area contributed by atoms with Crippen molar-refractivity contribution in [2.75, 3.05) is 11.9 Å². The minimum absolute atomic E-state index is 0.203. The van der Waals surface area contributed by atoms with Crippen LogP contribution in [0.5, 0.6) is 0 Å². The van der Waals surface area contributed by atoms with Gasteiger partial charge in [-0.15, -0.1) is 0 Å². The molecule has 2 amide bonds. The highest BCUT2D eigenvalue weighted by Crippen LogP contribution is 2.19. The minimum Gasteiger partial charge on any atom is -0.478 e. The van der Waals surface area contributed by atoms with Crippen LogP contribution in [-0.2, 0) is 0 Å². The molecule has 0 heterocycles. The van der Waals surface area contributed by atoms with E-state index in [0.717, 1.165) is 12.0 Å². The Morgan fingerprint density at radius 2 is 2.00 bits per heavy atom. The van der Waals surface area contributed by atoms with Crippen molar-refractivity contribution >= 4 is 17.7 Å². The second kappa shape index (κ2) is 7.33. The van der Waals surface area contributed by atoms with E-state index in [1.807, 2.05) is 26.0 Å². The lowest BCUT2D eigenvalue weighted by Gasteiger charge is -2.11. The number of carbonyl (C=O) groups is 2. The molecule has 0 radical (unpaired) electrons. The number of aromatic carboxylic acids is 1. The lowest BCUT2D eigenvalue weighted by atomic mass is 10.0. The largest absolute Gasteiger partial charge is 0.478 e. The third-order valence-corrected chi connectivity index (χ3v) is 2.99. The zero-order chi connectivity index (χ0) is 15.1. The lowest BCUT2D eigenvalue weighted by molar-refractivity contribution is 0.0696. The molecule has 0 unspecified atom stereocenters. The number of aryl methyl sites for hydroxylation is 1. The van der Waals surface area contributed by atoms with Crippen LogP contribution in [0.1, 0.15) is 34.8 Å². The van der Waals surface area contributed by atoms with Gasteiger partial charge >= 0.3 is 12.0 Å². The molecule has 1 aromatic carbocycles. The molecule has 0 bridgehead atoms. The summed E-state index contributed by atoms with van der Waals surface area (Å²) in [5.41, 5.74) is 2.22. The van der Waals surface area contributed by atoms with E-state index in [-0.39, 0.29) is 11.6 Å². The summed E-state index contributed by atoms with van der Waals surface area (Å²) in [6.45, 7) is 6.02. The summed E-state index contributed by atoms with van der Waals surface area (Å²) in [7, 11) is 0. The number of rotatable bonds is 5. The van der Waals surface area contributed by atoms with E-state index < -0.39 is 5.97 Å². The normalized spacial score (nSPS) is 10.6. The van der Waals surface area contributed by atoms with Gasteiger partial charge in [-0.05, 0) is 50.5 Å². The number of carboxylic acid groups (broad SMARTS) is 1. The fourth-order valence-corrected chi connectivity index (χ4v) is 1.76. The molecule has 20 heavy (non-hydrogen) atoms. The molecule has 0 aliphatic carbocycles. The highest BCUT2D eigenvalue weighted by molar-refractivity contribution is 5.94. The van der Waals surface area contributed by atoms with E-state index in [0.29, 0.717) is 17.8 Å². The van der Waals surface area contributed by atoms with E-state index in [9.17, 15) is 9.59 Å². The molecular weight excluding hydrogens is 256 g/mol. The van der Waals surface area contributed by atoms with E-state index >= 15 is 0 Å². The number of allylic oxidation sites excluding steroid dienone is 1. The van der Waals surface area contributed by atoms with Crippen LogP contribution in [0.4, 0.5) is 10.5 Å². The zero-order valence-corrected chi connectivity index (χ0v) is 12.0. The molecule has 0 saturated carbocycles. The molecule has 1 aromatic rings. The van der Waals surface area contributed by atoms with Gasteiger partial charge in [-0.1, -0.05) is 12.2 Å². The van der Waals surface area contributed by atoms with E-state index in [4.69, 9.17) is 5.11 Å². The average Bonchev–Trinajstić information content (AvgIpc) is 2.38. The van der Waals surface area contributed by atoms with Gasteiger partial charge in [-0.2, -0.15) is 0 Å². The fourth-order valence-electron chi connectivity index (χ4n) is 1.76. The second-order valence-electron chi connectivity index (χ2n) is 4.51. The Morgan fingerprint density at radius 3 is 2.60 bits per heavy atom. The SMILES string of the molecule is C/C=C/CCNC(=O)Nc1cc(C)c(C)c(C(=O)O)c1. The third-order valence-electron chi connectivity index (χ3n) is 2.99. The molecule has 0 spiro atoms. The predicted octanol–water partition coefficient (Wildman–Crippen LogP) is 3.09. The standard InChI is InChI=1S/C15H20N2O3/c1-4-5-6-7-16-15(20)17-12-8-10(2)11(3)13(9-12)14(18)19/h4-5,8-9H,6-7H2,1-3H3,(H,18,19)(H2,16,17,20)/b5-4+. The van der Waals surface area contributed by atoms with E-state index in [1.54, 1.807) is 13.0 Å². The average molecular weight is 276 g/mol. The van der Waals surface area contributed by atoms with Crippen LogP contribution in [0, 0.1) is 13.8 Å². The summed E-state index contributed by atoms with van der Waals surface area (Å²) in [6.07, 6.45) is 4.64. The second-order valence-corrected chi connectivity index (χ2v) is 4.51. The molecule has 1 rings (SSSR count). The molecule has 0 aromatic heterocycles. The van der Waals surface area contributed by atoms with Crippen LogP contribution >= 0.6 is 0 Å². The summed E-state index contributed by atoms with van der Waals surface area (Å²) in [6, 6.07) is 2.89. The summed E-state index contributed by atoms with van der Waals surface area (Å²) in [5.74, 6) is -0.997. The van der Waals surface area contributed by atoms with Crippen LogP contribution in [0.3, 0.4) is 0 Å². The monoisotopic (exact) mass is 276 g/mol. The molecule has 5 heteroatoms. The number of carbonyl (C=O) groups excluding carboxylic acids is 1. The molecule has 0 atom stereocenters. The Balaban J connectivity index is 2.73. The van der Waals surface area contributed by atoms with Crippen molar-refractivity contribution in [1.82, 2.24) is 5.32 Å². The maximum atomic E-state index is 11.7. The number of nitrogens with one attached hydrogen (secondary N) is 2. The number of benzene rings is 1. The first-order valence-electron chi connectivity index (χ1n) is 6.46. The van der Waals surface area contributed by atoms with Crippen molar-refractivity contribution < 1.29 is 14.7 Å². The van der Waals surface area contributed by atoms with Gasteiger partial charge in [0, 0.05) is 12.2 Å². The topological polar surface area (TPSA) is 78.4 Å². The maximum absolute atomic E-state index is 11.7. The van der Waals surface area contributed by atoms with Crippen LogP contribution in [-0.4, -0.2) is 23.7 Å². The van der Waals surface area contributed by atoms with Gasteiger partial charge in [0.2, 0.25) is 0 Å². The van der Waals surface area contributed by atoms with Crippen molar-refractivity contribution in [3.63, 3.8) is 0 Å². The van der Waals surface area contributed by atoms with Crippen LogP contribution in [0.25, 0.3) is 0 Å². The van der Waals surface area contributed by atoms with E-state index in [1.165, 1.54) is 6.07 Å². The zero-order valence-electron chi connectivity index (χ0n) is 12.0. The number of hydrogen-bond acceptors (Lipinski definition) is 2. The molecular formula is C15H20N2O3. The number of hydrogen-bond donors (Lipinski definition) is 3. The van der Waals surface area contributed by atoms with Gasteiger partial charge in [0.25, 0.3) is 0 Å². The van der Waals surface area contributed by atoms with Crippen LogP contribution in [0.15, 0.2) is 24.3 Å². The summed E-state index contributed by atoms with van der Waals surface area (Å²) in [5, 5.41) is 14.5. The highest BCUT2D eigenvalue weighted by Gasteiger charge is 2.11. The number of carboxylic acids is 1. The quantitative estimate of drug-likeness (QED) is 0.571. The molecule has 0 aliphatic heterocycles. The minimum atomic E-state index is -0.997. The van der Waals surface area contributed by atoms with Gasteiger partial charge in [-0.25, -0.2) is 9.59 Å². The van der Waals surface area contributed by atoms with Crippen molar-refractivity contribution in [1.29, 1.82) is 0 Å². The van der Waals surface area contributed by atoms with Gasteiger partial charge in [0.1, 0.15) is 0 Å². The molecule has 5 nitrogen and oxygen atoms in total. The lowest BCUT2D eigenvalue weighted by Crippen LogP contribution is -2.29. The molecule has 0 aliphatic rings. The fraction of sp³-hybridized carbons (Fsp3) is 0.333. The molecule has 0 saturated heterocycles. The molecule has 108 valence electrons. The Hall–Kier alpha value is -2.30. The van der Waals surface area contributed by atoms with Gasteiger partial charge in [0.15, 0.2) is 0 Å². The van der Waals surface area contributed by atoms with Crippen molar-refractivity contribution in [2.45, 2.75) is 27.2 Å². The maximum Gasteiger partial charge on any atom is 0.336 e. The summed E-state index contributed by atoms with van der Waals surface area (Å²) < 4.78 is 0. The molecule has 0 fully saturated rings. The highest BCUT2D eigenvalue weighted by atomic mass is 16.4. The predicted molar refractivity (Wildman–Crippen MR) is 79.3 cm³/mol. The Kier molecular flexibility index (Phi) is 5.77. The van der Waals surface area contributed by atoms with E-state index in [2.05, 4.69) is 10.6 Å². The first-order valence-corrected chi connectivity index (χ1v) is 6.46. The van der Waals surface area contributed by atoms with Crippen molar-refractivity contribution in [3.8, 4) is 0 Å². The van der Waals surface area contributed by atoms with Gasteiger partial charge in [-0.3, -0.25) is 0 Å². The first-order chi connectivity index (χ1) is 9.45. The summed E-state index contributed by atoms with van der Waals surface area (Å²) in [4.78, 5) is 22.8. The van der Waals surface area contributed by atoms with Crippen molar-refractivity contribution in [3.05, 3.63) is 41.0 Å². The summed E-state index contributed by atoms with van der Waals surface area (Å²) >= 11 is 0. The Morgan fingerprint density at radius 1 is 1.30 bits per heavy atom. The van der Waals surface area contributed by atoms with Crippen LogP contribution < -0.4 is 10.6 Å². The van der Waals surface area contributed by atoms with Crippen LogP contribution in [0.2, 0.25) is 0 Å². The third kappa shape index (κ3) is 4.42. The number of amides is 2. The number of anilines is 1. The smallest absolute Gasteiger partial charge is 0.336 e. The van der Waals surface area contributed by atoms with Gasteiger partial charge in [0.05, 0.1) is 5.56 Å². The Labute approximate surface area is 118 Å². The first kappa shape index (κ1) is 15.8. The van der Waals surface area contributed by atoms with Crippen molar-refractivity contribution in [2.24, 2.45) is 0 Å².